The third-order valence-corrected chi connectivity index (χ3v) is 3.26. The summed E-state index contributed by atoms with van der Waals surface area (Å²) in [5.41, 5.74) is 0.374. The molecule has 1 aromatic rings. The zero-order valence-electron chi connectivity index (χ0n) is 11.7. The summed E-state index contributed by atoms with van der Waals surface area (Å²) in [5, 5.41) is 3.39. The molecule has 0 radical (unpaired) electrons. The van der Waals surface area contributed by atoms with Gasteiger partial charge in [0.05, 0.1) is 5.56 Å². The highest BCUT2D eigenvalue weighted by atomic mass is 19.4. The molecule has 1 aromatic carbocycles. The van der Waals surface area contributed by atoms with Gasteiger partial charge in [0.15, 0.2) is 0 Å². The Morgan fingerprint density at radius 2 is 1.68 bits per heavy atom. The number of rotatable bonds is 6. The molecule has 0 fully saturated rings. The first kappa shape index (κ1) is 16.0. The fraction of sp³-hybridized carbons (Fsp3) is 0.600. The van der Waals surface area contributed by atoms with E-state index in [0.29, 0.717) is 6.04 Å². The van der Waals surface area contributed by atoms with E-state index in [-0.39, 0.29) is 5.92 Å². The summed E-state index contributed by atoms with van der Waals surface area (Å²) < 4.78 is 37.4. The van der Waals surface area contributed by atoms with Crippen molar-refractivity contribution in [2.24, 2.45) is 0 Å². The van der Waals surface area contributed by atoms with Crippen LogP contribution in [0.15, 0.2) is 24.3 Å². The van der Waals surface area contributed by atoms with E-state index in [4.69, 9.17) is 0 Å². The number of halogens is 3. The molecule has 1 nitrogen and oxygen atoms in total. The molecule has 0 spiro atoms. The van der Waals surface area contributed by atoms with Crippen LogP contribution in [0.1, 0.15) is 50.7 Å². The lowest BCUT2D eigenvalue weighted by atomic mass is 9.93. The average molecular weight is 273 g/mol. The van der Waals surface area contributed by atoms with Crippen LogP contribution < -0.4 is 5.32 Å². The van der Waals surface area contributed by atoms with Crippen molar-refractivity contribution >= 4 is 0 Å². The zero-order valence-corrected chi connectivity index (χ0v) is 11.7. The van der Waals surface area contributed by atoms with Gasteiger partial charge in [-0.3, -0.25) is 0 Å². The molecule has 2 unspecified atom stereocenters. The minimum Gasteiger partial charge on any atom is -0.314 e. The van der Waals surface area contributed by atoms with Gasteiger partial charge in [-0.25, -0.2) is 0 Å². The van der Waals surface area contributed by atoms with Gasteiger partial charge in [-0.15, -0.1) is 0 Å². The number of hydrogen-bond donors (Lipinski definition) is 1. The van der Waals surface area contributed by atoms with E-state index in [9.17, 15) is 13.2 Å². The Labute approximate surface area is 113 Å². The van der Waals surface area contributed by atoms with Crippen LogP contribution in [0.2, 0.25) is 0 Å². The molecule has 1 N–H and O–H groups in total. The van der Waals surface area contributed by atoms with E-state index in [1.807, 2.05) is 6.92 Å². The van der Waals surface area contributed by atoms with E-state index in [1.165, 1.54) is 0 Å². The molecular weight excluding hydrogens is 251 g/mol. The SMILES string of the molecule is CCCNC(C)CC(C)c1ccc(C(F)(F)F)cc1. The van der Waals surface area contributed by atoms with E-state index in [1.54, 1.807) is 12.1 Å². The van der Waals surface area contributed by atoms with Crippen molar-refractivity contribution < 1.29 is 13.2 Å². The van der Waals surface area contributed by atoms with Crippen molar-refractivity contribution in [2.75, 3.05) is 6.54 Å². The Kier molecular flexibility index (Phi) is 5.85. The van der Waals surface area contributed by atoms with Crippen molar-refractivity contribution in [1.29, 1.82) is 0 Å². The van der Waals surface area contributed by atoms with Gasteiger partial charge in [-0.1, -0.05) is 26.0 Å². The van der Waals surface area contributed by atoms with Crippen LogP contribution in [0.4, 0.5) is 13.2 Å². The van der Waals surface area contributed by atoms with Gasteiger partial charge in [-0.2, -0.15) is 13.2 Å². The summed E-state index contributed by atoms with van der Waals surface area (Å²) in [6, 6.07) is 5.86. The summed E-state index contributed by atoms with van der Waals surface area (Å²) in [6.07, 6.45) is -2.25. The lowest BCUT2D eigenvalue weighted by Gasteiger charge is -2.19. The van der Waals surface area contributed by atoms with Crippen LogP contribution in [-0.4, -0.2) is 12.6 Å². The van der Waals surface area contributed by atoms with E-state index < -0.39 is 11.7 Å². The van der Waals surface area contributed by atoms with Crippen LogP contribution in [0, 0.1) is 0 Å². The molecule has 1 rings (SSSR count). The molecule has 0 aliphatic heterocycles. The van der Waals surface area contributed by atoms with Crippen LogP contribution in [0.25, 0.3) is 0 Å². The maximum absolute atomic E-state index is 12.5. The van der Waals surface area contributed by atoms with Gasteiger partial charge in [0.2, 0.25) is 0 Å². The Morgan fingerprint density at radius 1 is 1.11 bits per heavy atom. The number of benzene rings is 1. The summed E-state index contributed by atoms with van der Waals surface area (Å²) in [7, 11) is 0. The first-order valence-corrected chi connectivity index (χ1v) is 6.75. The monoisotopic (exact) mass is 273 g/mol. The summed E-state index contributed by atoms with van der Waals surface area (Å²) in [4.78, 5) is 0. The van der Waals surface area contributed by atoms with Crippen molar-refractivity contribution in [3.8, 4) is 0 Å². The predicted octanol–water partition coefficient (Wildman–Crippen LogP) is 4.59. The first-order valence-electron chi connectivity index (χ1n) is 6.75. The lowest BCUT2D eigenvalue weighted by molar-refractivity contribution is -0.137. The van der Waals surface area contributed by atoms with Crippen LogP contribution >= 0.6 is 0 Å². The minimum absolute atomic E-state index is 0.252. The molecule has 0 heterocycles. The van der Waals surface area contributed by atoms with Crippen molar-refractivity contribution in [1.82, 2.24) is 5.32 Å². The second kappa shape index (κ2) is 6.94. The van der Waals surface area contributed by atoms with Crippen LogP contribution in [0.3, 0.4) is 0 Å². The Bertz CT molecular complexity index is 370. The Hall–Kier alpha value is -1.03. The Balaban J connectivity index is 2.60. The summed E-state index contributed by atoms with van der Waals surface area (Å²) >= 11 is 0. The van der Waals surface area contributed by atoms with Gasteiger partial charge >= 0.3 is 6.18 Å². The third-order valence-electron chi connectivity index (χ3n) is 3.26. The fourth-order valence-electron chi connectivity index (χ4n) is 2.14. The lowest BCUT2D eigenvalue weighted by Crippen LogP contribution is -2.28. The topological polar surface area (TPSA) is 12.0 Å². The van der Waals surface area contributed by atoms with Crippen LogP contribution in [0.5, 0.6) is 0 Å². The molecule has 0 aliphatic rings. The van der Waals surface area contributed by atoms with Gasteiger partial charge in [0.1, 0.15) is 0 Å². The molecule has 0 bridgehead atoms. The van der Waals surface area contributed by atoms with Crippen molar-refractivity contribution in [3.63, 3.8) is 0 Å². The highest BCUT2D eigenvalue weighted by Crippen LogP contribution is 2.30. The summed E-state index contributed by atoms with van der Waals surface area (Å²) in [5.74, 6) is 0.252. The second-order valence-electron chi connectivity index (χ2n) is 5.11. The van der Waals surface area contributed by atoms with Crippen molar-refractivity contribution in [2.45, 2.75) is 51.7 Å². The number of nitrogens with one attached hydrogen (secondary N) is 1. The fourth-order valence-corrected chi connectivity index (χ4v) is 2.14. The van der Waals surface area contributed by atoms with Gasteiger partial charge in [-0.05, 0) is 49.9 Å². The molecule has 0 aliphatic carbocycles. The second-order valence-corrected chi connectivity index (χ2v) is 5.11. The Morgan fingerprint density at radius 3 is 2.16 bits per heavy atom. The maximum Gasteiger partial charge on any atom is 0.416 e. The number of hydrogen-bond acceptors (Lipinski definition) is 1. The highest BCUT2D eigenvalue weighted by molar-refractivity contribution is 5.26. The predicted molar refractivity (Wildman–Crippen MR) is 72.2 cm³/mol. The maximum atomic E-state index is 12.5. The van der Waals surface area contributed by atoms with Gasteiger partial charge in [0.25, 0.3) is 0 Å². The van der Waals surface area contributed by atoms with Gasteiger partial charge < -0.3 is 5.32 Å². The van der Waals surface area contributed by atoms with E-state index in [2.05, 4.69) is 19.2 Å². The van der Waals surface area contributed by atoms with Gasteiger partial charge in [0, 0.05) is 6.04 Å². The first-order chi connectivity index (χ1) is 8.84. The van der Waals surface area contributed by atoms with Crippen molar-refractivity contribution in [3.05, 3.63) is 35.4 Å². The smallest absolute Gasteiger partial charge is 0.314 e. The largest absolute Gasteiger partial charge is 0.416 e. The molecule has 2 atom stereocenters. The molecular formula is C15H22F3N. The summed E-state index contributed by atoms with van der Waals surface area (Å²) in [6.45, 7) is 7.24. The average Bonchev–Trinajstić information content (AvgIpc) is 2.35. The normalized spacial score (nSPS) is 15.3. The standard InChI is InChI=1S/C15H22F3N/c1-4-9-19-12(3)10-11(2)13-5-7-14(8-6-13)15(16,17)18/h5-8,11-12,19H,4,9-10H2,1-3H3. The molecule has 0 saturated heterocycles. The molecule has 0 saturated carbocycles. The zero-order chi connectivity index (χ0) is 14.5. The molecule has 0 aromatic heterocycles. The quantitative estimate of drug-likeness (QED) is 0.799. The molecule has 108 valence electrons. The molecule has 19 heavy (non-hydrogen) atoms. The van der Waals surface area contributed by atoms with E-state index in [0.717, 1.165) is 37.1 Å². The van der Waals surface area contributed by atoms with E-state index >= 15 is 0 Å². The third kappa shape index (κ3) is 5.23. The van der Waals surface area contributed by atoms with Crippen LogP contribution in [-0.2, 0) is 6.18 Å². The molecule has 4 heteroatoms. The highest BCUT2D eigenvalue weighted by Gasteiger charge is 2.30. The minimum atomic E-state index is -4.25. The number of alkyl halides is 3. The molecule has 0 amide bonds.